The molecule has 0 bridgehead atoms. The molecule has 7 nitrogen and oxygen atoms in total. The normalized spacial score (nSPS) is 11.9. The second-order valence-electron chi connectivity index (χ2n) is 3.52. The number of carbonyl (C=O) groups excluding carboxylic acids is 2. The van der Waals surface area contributed by atoms with Gasteiger partial charge in [-0.1, -0.05) is 0 Å². The Morgan fingerprint density at radius 2 is 1.56 bits per heavy atom. The summed E-state index contributed by atoms with van der Waals surface area (Å²) in [7, 11) is 3.02. The van der Waals surface area contributed by atoms with E-state index in [1.807, 2.05) is 0 Å². The lowest BCUT2D eigenvalue weighted by Crippen LogP contribution is -2.33. The lowest BCUT2D eigenvalue weighted by atomic mass is 10.2. The molecule has 18 heavy (non-hydrogen) atoms. The van der Waals surface area contributed by atoms with E-state index in [1.54, 1.807) is 0 Å². The van der Waals surface area contributed by atoms with Crippen molar-refractivity contribution >= 4 is 11.9 Å². The first-order valence-electron chi connectivity index (χ1n) is 5.67. The molecule has 7 heteroatoms. The van der Waals surface area contributed by atoms with E-state index in [9.17, 15) is 9.59 Å². The van der Waals surface area contributed by atoms with Crippen LogP contribution in [0.15, 0.2) is 0 Å². The lowest BCUT2D eigenvalue weighted by Gasteiger charge is -2.11. The summed E-state index contributed by atoms with van der Waals surface area (Å²) >= 11 is 0. The topological polar surface area (TPSA) is 97.1 Å². The van der Waals surface area contributed by atoms with Crippen LogP contribution in [0.5, 0.6) is 0 Å². The van der Waals surface area contributed by atoms with Crippen LogP contribution < -0.4 is 5.73 Å². The maximum absolute atomic E-state index is 11.3. The van der Waals surface area contributed by atoms with Gasteiger partial charge in [0.25, 0.3) is 0 Å². The van der Waals surface area contributed by atoms with Gasteiger partial charge in [-0.25, -0.2) is 0 Å². The third kappa shape index (κ3) is 8.91. The average Bonchev–Trinajstić information content (AvgIpc) is 2.36. The first-order valence-corrected chi connectivity index (χ1v) is 5.67. The van der Waals surface area contributed by atoms with E-state index in [4.69, 9.17) is 24.7 Å². The fourth-order valence-corrected chi connectivity index (χ4v) is 1.03. The summed E-state index contributed by atoms with van der Waals surface area (Å²) in [6.07, 6.45) is 0.266. The van der Waals surface area contributed by atoms with Gasteiger partial charge in [0.05, 0.1) is 13.2 Å². The van der Waals surface area contributed by atoms with Crippen molar-refractivity contribution in [3.8, 4) is 0 Å². The van der Waals surface area contributed by atoms with Crippen molar-refractivity contribution in [3.05, 3.63) is 0 Å². The Labute approximate surface area is 107 Å². The summed E-state index contributed by atoms with van der Waals surface area (Å²) in [5.41, 5.74) is 5.55. The number of carbonyl (C=O) groups is 2. The van der Waals surface area contributed by atoms with Crippen LogP contribution in [0.25, 0.3) is 0 Å². The van der Waals surface area contributed by atoms with Gasteiger partial charge >= 0.3 is 11.9 Å². The molecule has 0 radical (unpaired) electrons. The van der Waals surface area contributed by atoms with Gasteiger partial charge in [0.2, 0.25) is 0 Å². The standard InChI is InChI=1S/C11H21NO6/c1-15-5-7-17-10(13)4-3-9(12)11(14)18-8-6-16-2/h9H,3-8,12H2,1-2H3/t9-/m0/s1. The monoisotopic (exact) mass is 263 g/mol. The molecule has 106 valence electrons. The van der Waals surface area contributed by atoms with Gasteiger partial charge in [-0.05, 0) is 6.42 Å². The van der Waals surface area contributed by atoms with Crippen molar-refractivity contribution in [2.45, 2.75) is 18.9 Å². The predicted molar refractivity (Wildman–Crippen MR) is 62.9 cm³/mol. The van der Waals surface area contributed by atoms with Gasteiger partial charge in [-0.3, -0.25) is 9.59 Å². The molecular formula is C11H21NO6. The smallest absolute Gasteiger partial charge is 0.323 e. The minimum absolute atomic E-state index is 0.0737. The molecule has 0 aliphatic rings. The van der Waals surface area contributed by atoms with E-state index in [1.165, 1.54) is 14.2 Å². The summed E-state index contributed by atoms with van der Waals surface area (Å²) in [4.78, 5) is 22.5. The predicted octanol–water partition coefficient (Wildman–Crippen LogP) is -0.527. The minimum Gasteiger partial charge on any atom is -0.463 e. The molecule has 0 unspecified atom stereocenters. The first kappa shape index (κ1) is 16.8. The molecule has 0 amide bonds. The van der Waals surface area contributed by atoms with Crippen molar-refractivity contribution in [3.63, 3.8) is 0 Å². The van der Waals surface area contributed by atoms with Gasteiger partial charge in [0.15, 0.2) is 0 Å². The number of hydrogen-bond acceptors (Lipinski definition) is 7. The molecule has 0 heterocycles. The largest absolute Gasteiger partial charge is 0.463 e. The Morgan fingerprint density at radius 1 is 1.00 bits per heavy atom. The third-order valence-electron chi connectivity index (χ3n) is 2.04. The number of methoxy groups -OCH3 is 2. The molecule has 0 aromatic rings. The number of hydrogen-bond donors (Lipinski definition) is 1. The molecule has 0 fully saturated rings. The Balaban J connectivity index is 3.64. The van der Waals surface area contributed by atoms with Crippen molar-refractivity contribution in [1.82, 2.24) is 0 Å². The highest BCUT2D eigenvalue weighted by molar-refractivity contribution is 5.77. The maximum Gasteiger partial charge on any atom is 0.323 e. The molecule has 0 aliphatic carbocycles. The van der Waals surface area contributed by atoms with E-state index >= 15 is 0 Å². The molecule has 0 rings (SSSR count). The highest BCUT2D eigenvalue weighted by Gasteiger charge is 2.16. The van der Waals surface area contributed by atoms with Gasteiger partial charge < -0.3 is 24.7 Å². The van der Waals surface area contributed by atoms with E-state index < -0.39 is 18.0 Å². The quantitative estimate of drug-likeness (QED) is 0.418. The Morgan fingerprint density at radius 3 is 2.11 bits per heavy atom. The van der Waals surface area contributed by atoms with Gasteiger partial charge in [0, 0.05) is 20.6 Å². The Hall–Kier alpha value is -1.18. The fraction of sp³-hybridized carbons (Fsp3) is 0.818. The minimum atomic E-state index is -0.822. The van der Waals surface area contributed by atoms with Crippen LogP contribution >= 0.6 is 0 Å². The summed E-state index contributed by atoms with van der Waals surface area (Å²) < 4.78 is 19.1. The van der Waals surface area contributed by atoms with Crippen LogP contribution in [0, 0.1) is 0 Å². The molecule has 0 aromatic carbocycles. The van der Waals surface area contributed by atoms with E-state index in [-0.39, 0.29) is 26.1 Å². The molecule has 0 spiro atoms. The zero-order valence-corrected chi connectivity index (χ0v) is 10.8. The van der Waals surface area contributed by atoms with Crippen LogP contribution in [0.4, 0.5) is 0 Å². The second-order valence-corrected chi connectivity index (χ2v) is 3.52. The van der Waals surface area contributed by atoms with Crippen molar-refractivity contribution < 1.29 is 28.5 Å². The van der Waals surface area contributed by atoms with Crippen LogP contribution in [0.1, 0.15) is 12.8 Å². The van der Waals surface area contributed by atoms with Crippen LogP contribution in [-0.2, 0) is 28.5 Å². The Kier molecular flexibility index (Phi) is 10.2. The zero-order valence-electron chi connectivity index (χ0n) is 10.8. The zero-order chi connectivity index (χ0) is 13.8. The number of rotatable bonds is 10. The van der Waals surface area contributed by atoms with Crippen molar-refractivity contribution in [2.75, 3.05) is 40.6 Å². The molecule has 0 aliphatic heterocycles. The van der Waals surface area contributed by atoms with Gasteiger partial charge in [-0.15, -0.1) is 0 Å². The summed E-state index contributed by atoms with van der Waals surface area (Å²) in [6.45, 7) is 1.01. The summed E-state index contributed by atoms with van der Waals surface area (Å²) in [5, 5.41) is 0. The Bertz CT molecular complexity index is 246. The number of esters is 2. The molecule has 0 aromatic heterocycles. The summed E-state index contributed by atoms with van der Waals surface area (Å²) in [6, 6.07) is -0.822. The molecule has 2 N–H and O–H groups in total. The molecule has 0 saturated heterocycles. The fourth-order valence-electron chi connectivity index (χ4n) is 1.03. The highest BCUT2D eigenvalue weighted by Crippen LogP contribution is 1.99. The highest BCUT2D eigenvalue weighted by atomic mass is 16.6. The van der Waals surface area contributed by atoms with E-state index in [2.05, 4.69) is 0 Å². The van der Waals surface area contributed by atoms with Crippen LogP contribution in [0.3, 0.4) is 0 Å². The van der Waals surface area contributed by atoms with Crippen LogP contribution in [0.2, 0.25) is 0 Å². The van der Waals surface area contributed by atoms with Gasteiger partial charge in [-0.2, -0.15) is 0 Å². The van der Waals surface area contributed by atoms with Gasteiger partial charge in [0.1, 0.15) is 19.3 Å². The summed E-state index contributed by atoms with van der Waals surface area (Å²) in [5.74, 6) is -0.955. The lowest BCUT2D eigenvalue weighted by molar-refractivity contribution is -0.148. The SMILES string of the molecule is COCCOC(=O)CC[C@H](N)C(=O)OCCOC. The number of nitrogens with two attached hydrogens (primary N) is 1. The second kappa shape index (κ2) is 10.9. The maximum atomic E-state index is 11.3. The number of ether oxygens (including phenoxy) is 4. The van der Waals surface area contributed by atoms with Crippen LogP contribution in [-0.4, -0.2) is 58.6 Å². The van der Waals surface area contributed by atoms with Crippen molar-refractivity contribution in [2.24, 2.45) is 5.73 Å². The van der Waals surface area contributed by atoms with E-state index in [0.717, 1.165) is 0 Å². The molecule has 0 saturated carbocycles. The van der Waals surface area contributed by atoms with E-state index in [0.29, 0.717) is 13.2 Å². The molecule has 1 atom stereocenters. The third-order valence-corrected chi connectivity index (χ3v) is 2.04. The average molecular weight is 263 g/mol. The first-order chi connectivity index (χ1) is 8.61. The van der Waals surface area contributed by atoms with Crippen molar-refractivity contribution in [1.29, 1.82) is 0 Å². The molecular weight excluding hydrogens is 242 g/mol.